The van der Waals surface area contributed by atoms with Crippen molar-refractivity contribution >= 4 is 11.8 Å². The molecule has 0 bridgehead atoms. The van der Waals surface area contributed by atoms with Crippen LogP contribution in [0.2, 0.25) is 0 Å². The lowest BCUT2D eigenvalue weighted by molar-refractivity contribution is -0.137. The fourth-order valence-corrected chi connectivity index (χ4v) is 1.79. The van der Waals surface area contributed by atoms with Crippen LogP contribution in [0.25, 0.3) is 0 Å². The first-order chi connectivity index (χ1) is 10.7. The van der Waals surface area contributed by atoms with E-state index in [0.29, 0.717) is 0 Å². The van der Waals surface area contributed by atoms with E-state index < -0.39 is 35.7 Å². The predicted octanol–water partition coefficient (Wildman–Crippen LogP) is 1.57. The molecule has 0 spiro atoms. The highest BCUT2D eigenvalue weighted by molar-refractivity contribution is 5.97. The van der Waals surface area contributed by atoms with Crippen LogP contribution in [0.3, 0.4) is 0 Å². The summed E-state index contributed by atoms with van der Waals surface area (Å²) in [5, 5.41) is 13.7. The number of amides is 2. The van der Waals surface area contributed by atoms with Crippen molar-refractivity contribution in [3.05, 3.63) is 35.4 Å². The van der Waals surface area contributed by atoms with Crippen LogP contribution in [-0.4, -0.2) is 36.1 Å². The molecule has 2 amide bonds. The number of aliphatic hydroxyl groups is 1. The number of benzene rings is 1. The van der Waals surface area contributed by atoms with E-state index in [2.05, 4.69) is 10.6 Å². The van der Waals surface area contributed by atoms with E-state index in [-0.39, 0.29) is 18.6 Å². The fraction of sp³-hybridized carbons (Fsp3) is 0.467. The zero-order valence-corrected chi connectivity index (χ0v) is 12.8. The molecule has 3 N–H and O–H groups in total. The SMILES string of the molecule is CC(CO)C(C)NC(=O)CNC(=O)c1ccccc1C(F)(F)F. The number of alkyl halides is 3. The molecule has 0 aliphatic rings. The second kappa shape index (κ2) is 7.96. The van der Waals surface area contributed by atoms with Crippen LogP contribution in [0.1, 0.15) is 29.8 Å². The second-order valence-corrected chi connectivity index (χ2v) is 5.24. The maximum atomic E-state index is 12.8. The molecule has 8 heteroatoms. The lowest BCUT2D eigenvalue weighted by Crippen LogP contribution is -2.44. The van der Waals surface area contributed by atoms with Crippen molar-refractivity contribution in [1.29, 1.82) is 0 Å². The quantitative estimate of drug-likeness (QED) is 0.740. The lowest BCUT2D eigenvalue weighted by Gasteiger charge is -2.19. The Hall–Kier alpha value is -2.09. The molecule has 0 saturated heterocycles. The van der Waals surface area contributed by atoms with Gasteiger partial charge in [-0.25, -0.2) is 0 Å². The van der Waals surface area contributed by atoms with Gasteiger partial charge in [0.25, 0.3) is 5.91 Å². The molecule has 0 saturated carbocycles. The number of carbonyl (C=O) groups excluding carboxylic acids is 2. The Labute approximate surface area is 131 Å². The van der Waals surface area contributed by atoms with Gasteiger partial charge in [-0.05, 0) is 25.0 Å². The summed E-state index contributed by atoms with van der Waals surface area (Å²) >= 11 is 0. The van der Waals surface area contributed by atoms with E-state index in [1.807, 2.05) is 0 Å². The number of hydrogen-bond donors (Lipinski definition) is 3. The molecule has 0 aliphatic carbocycles. The molecule has 1 aromatic rings. The monoisotopic (exact) mass is 332 g/mol. The first kappa shape index (κ1) is 19.0. The average Bonchev–Trinajstić information content (AvgIpc) is 2.50. The van der Waals surface area contributed by atoms with E-state index in [1.54, 1.807) is 13.8 Å². The number of halogens is 3. The number of hydrogen-bond acceptors (Lipinski definition) is 3. The van der Waals surface area contributed by atoms with Crippen molar-refractivity contribution in [2.24, 2.45) is 5.92 Å². The minimum Gasteiger partial charge on any atom is -0.396 e. The van der Waals surface area contributed by atoms with Gasteiger partial charge in [-0.15, -0.1) is 0 Å². The summed E-state index contributed by atoms with van der Waals surface area (Å²) in [5.74, 6) is -1.70. The van der Waals surface area contributed by atoms with E-state index in [1.165, 1.54) is 12.1 Å². The van der Waals surface area contributed by atoms with Crippen molar-refractivity contribution in [3.63, 3.8) is 0 Å². The molecule has 0 aliphatic heterocycles. The van der Waals surface area contributed by atoms with Crippen molar-refractivity contribution in [1.82, 2.24) is 10.6 Å². The molecule has 0 fully saturated rings. The van der Waals surface area contributed by atoms with Gasteiger partial charge in [0, 0.05) is 12.6 Å². The zero-order valence-electron chi connectivity index (χ0n) is 12.8. The van der Waals surface area contributed by atoms with Gasteiger partial charge in [-0.1, -0.05) is 19.1 Å². The average molecular weight is 332 g/mol. The van der Waals surface area contributed by atoms with Crippen LogP contribution in [0.5, 0.6) is 0 Å². The van der Waals surface area contributed by atoms with Gasteiger partial charge in [0.05, 0.1) is 17.7 Å². The minimum atomic E-state index is -4.65. The van der Waals surface area contributed by atoms with E-state index in [9.17, 15) is 22.8 Å². The maximum absolute atomic E-state index is 12.8. The lowest BCUT2D eigenvalue weighted by atomic mass is 10.1. The molecule has 128 valence electrons. The molecular formula is C15H19F3N2O3. The summed E-state index contributed by atoms with van der Waals surface area (Å²) in [6.45, 7) is 2.84. The van der Waals surface area contributed by atoms with Crippen LogP contribution in [0, 0.1) is 5.92 Å². The summed E-state index contributed by atoms with van der Waals surface area (Å²) < 4.78 is 38.5. The number of aliphatic hydroxyl groups excluding tert-OH is 1. The first-order valence-electron chi connectivity index (χ1n) is 7.01. The van der Waals surface area contributed by atoms with Gasteiger partial charge >= 0.3 is 6.18 Å². The third-order valence-corrected chi connectivity index (χ3v) is 3.42. The summed E-state index contributed by atoms with van der Waals surface area (Å²) in [7, 11) is 0. The van der Waals surface area contributed by atoms with Crippen LogP contribution in [-0.2, 0) is 11.0 Å². The molecule has 1 rings (SSSR count). The number of rotatable bonds is 6. The number of nitrogens with one attached hydrogen (secondary N) is 2. The molecule has 5 nitrogen and oxygen atoms in total. The Bertz CT molecular complexity index is 561. The minimum absolute atomic E-state index is 0.118. The van der Waals surface area contributed by atoms with Crippen molar-refractivity contribution in [2.45, 2.75) is 26.1 Å². The second-order valence-electron chi connectivity index (χ2n) is 5.24. The largest absolute Gasteiger partial charge is 0.417 e. The van der Waals surface area contributed by atoms with E-state index >= 15 is 0 Å². The van der Waals surface area contributed by atoms with Gasteiger partial charge < -0.3 is 15.7 Å². The Morgan fingerprint density at radius 2 is 1.83 bits per heavy atom. The van der Waals surface area contributed by atoms with E-state index in [4.69, 9.17) is 5.11 Å². The highest BCUT2D eigenvalue weighted by Gasteiger charge is 2.34. The molecular weight excluding hydrogens is 313 g/mol. The fourth-order valence-electron chi connectivity index (χ4n) is 1.79. The van der Waals surface area contributed by atoms with Crippen LogP contribution >= 0.6 is 0 Å². The molecule has 23 heavy (non-hydrogen) atoms. The third kappa shape index (κ3) is 5.55. The summed E-state index contributed by atoms with van der Waals surface area (Å²) in [5.41, 5.74) is -1.59. The van der Waals surface area contributed by atoms with Crippen LogP contribution in [0.15, 0.2) is 24.3 Å². The maximum Gasteiger partial charge on any atom is 0.417 e. The van der Waals surface area contributed by atoms with E-state index in [0.717, 1.165) is 12.1 Å². The standard InChI is InChI=1S/C15H19F3N2O3/c1-9(8-21)10(2)20-13(22)7-19-14(23)11-5-3-4-6-12(11)15(16,17)18/h3-6,9-10,21H,7-8H2,1-2H3,(H,19,23)(H,20,22). The van der Waals surface area contributed by atoms with Crippen LogP contribution < -0.4 is 10.6 Å². The smallest absolute Gasteiger partial charge is 0.396 e. The Morgan fingerprint density at radius 1 is 1.22 bits per heavy atom. The molecule has 2 atom stereocenters. The summed E-state index contributed by atoms with van der Waals surface area (Å²) in [4.78, 5) is 23.5. The van der Waals surface area contributed by atoms with Gasteiger partial charge in [0.15, 0.2) is 0 Å². The van der Waals surface area contributed by atoms with Gasteiger partial charge in [0.2, 0.25) is 5.91 Å². The Balaban J connectivity index is 2.66. The summed E-state index contributed by atoms with van der Waals surface area (Å²) in [6.07, 6.45) is -4.65. The molecule has 0 radical (unpaired) electrons. The van der Waals surface area contributed by atoms with Crippen molar-refractivity contribution < 1.29 is 27.9 Å². The predicted molar refractivity (Wildman–Crippen MR) is 77.6 cm³/mol. The molecule has 1 aromatic carbocycles. The van der Waals surface area contributed by atoms with Gasteiger partial charge in [0.1, 0.15) is 0 Å². The summed E-state index contributed by atoms with van der Waals surface area (Å²) in [6, 6.07) is 4.03. The third-order valence-electron chi connectivity index (χ3n) is 3.42. The van der Waals surface area contributed by atoms with Crippen molar-refractivity contribution in [2.75, 3.05) is 13.2 Å². The molecule has 0 aromatic heterocycles. The molecule has 0 heterocycles. The Morgan fingerprint density at radius 3 is 2.39 bits per heavy atom. The normalized spacial score (nSPS) is 14.0. The van der Waals surface area contributed by atoms with Gasteiger partial charge in [-0.2, -0.15) is 13.2 Å². The highest BCUT2D eigenvalue weighted by Crippen LogP contribution is 2.31. The first-order valence-corrected chi connectivity index (χ1v) is 7.01. The zero-order chi connectivity index (χ0) is 17.6. The number of carbonyl (C=O) groups is 2. The Kier molecular flexibility index (Phi) is 6.56. The molecule has 2 unspecified atom stereocenters. The van der Waals surface area contributed by atoms with Gasteiger partial charge in [-0.3, -0.25) is 9.59 Å². The van der Waals surface area contributed by atoms with Crippen LogP contribution in [0.4, 0.5) is 13.2 Å². The van der Waals surface area contributed by atoms with Crippen molar-refractivity contribution in [3.8, 4) is 0 Å². The highest BCUT2D eigenvalue weighted by atomic mass is 19.4. The topological polar surface area (TPSA) is 78.4 Å².